The van der Waals surface area contributed by atoms with E-state index < -0.39 is 10.9 Å². The van der Waals surface area contributed by atoms with Crippen molar-refractivity contribution in [3.63, 3.8) is 0 Å². The molecule has 0 aliphatic rings. The Bertz CT molecular complexity index is 706. The lowest BCUT2D eigenvalue weighted by atomic mass is 10.1. The molecule has 2 rings (SSSR count). The number of non-ortho nitro benzene ring substituents is 1. The number of nitro benzene ring substituents is 1. The topological polar surface area (TPSA) is 86.5 Å². The van der Waals surface area contributed by atoms with E-state index in [0.29, 0.717) is 5.56 Å². The molecule has 21 heavy (non-hydrogen) atoms. The molecule has 0 saturated heterocycles. The molecule has 0 fully saturated rings. The van der Waals surface area contributed by atoms with Crippen LogP contribution in [0.15, 0.2) is 48.5 Å². The molecule has 0 spiro atoms. The molecule has 2 aromatic rings. The molecule has 6 nitrogen and oxygen atoms in total. The van der Waals surface area contributed by atoms with E-state index in [9.17, 15) is 19.7 Å². The van der Waals surface area contributed by atoms with Crippen molar-refractivity contribution in [1.82, 2.24) is 0 Å². The summed E-state index contributed by atoms with van der Waals surface area (Å²) in [7, 11) is 0. The summed E-state index contributed by atoms with van der Waals surface area (Å²) in [6.45, 7) is 1.43. The molecule has 6 heteroatoms. The minimum absolute atomic E-state index is 0.0832. The van der Waals surface area contributed by atoms with Gasteiger partial charge in [-0.05, 0) is 37.3 Å². The first-order chi connectivity index (χ1) is 9.97. The van der Waals surface area contributed by atoms with Crippen LogP contribution in [0.3, 0.4) is 0 Å². The van der Waals surface area contributed by atoms with Gasteiger partial charge in [-0.2, -0.15) is 0 Å². The zero-order valence-electron chi connectivity index (χ0n) is 11.1. The van der Waals surface area contributed by atoms with Gasteiger partial charge in [0.15, 0.2) is 5.78 Å². The van der Waals surface area contributed by atoms with E-state index in [4.69, 9.17) is 4.74 Å². The Morgan fingerprint density at radius 3 is 2.29 bits per heavy atom. The quantitative estimate of drug-likeness (QED) is 0.283. The van der Waals surface area contributed by atoms with Gasteiger partial charge in [0.25, 0.3) is 5.69 Å². The third kappa shape index (κ3) is 3.50. The Balaban J connectivity index is 2.16. The molecule has 0 aliphatic heterocycles. The van der Waals surface area contributed by atoms with Crippen molar-refractivity contribution in [3.8, 4) is 5.75 Å². The number of carbonyl (C=O) groups is 2. The molecule has 0 N–H and O–H groups in total. The minimum Gasteiger partial charge on any atom is -0.423 e. The predicted molar refractivity (Wildman–Crippen MR) is 74.5 cm³/mol. The summed E-state index contributed by atoms with van der Waals surface area (Å²) in [6, 6.07) is 11.3. The van der Waals surface area contributed by atoms with Gasteiger partial charge in [0.05, 0.1) is 10.5 Å². The number of carbonyl (C=O) groups excluding carboxylic acids is 2. The van der Waals surface area contributed by atoms with Crippen LogP contribution >= 0.6 is 0 Å². The highest BCUT2D eigenvalue weighted by Crippen LogP contribution is 2.17. The van der Waals surface area contributed by atoms with Crippen molar-refractivity contribution in [2.45, 2.75) is 6.92 Å². The fourth-order valence-corrected chi connectivity index (χ4v) is 1.67. The zero-order valence-corrected chi connectivity index (χ0v) is 11.1. The molecule has 106 valence electrons. The van der Waals surface area contributed by atoms with E-state index in [1.54, 1.807) is 12.1 Å². The molecular weight excluding hydrogens is 274 g/mol. The summed E-state index contributed by atoms with van der Waals surface area (Å²) in [6.07, 6.45) is 0. The monoisotopic (exact) mass is 285 g/mol. The van der Waals surface area contributed by atoms with Crippen LogP contribution in [-0.2, 0) is 0 Å². The van der Waals surface area contributed by atoms with Crippen molar-refractivity contribution in [3.05, 3.63) is 69.8 Å². The Kier molecular flexibility index (Phi) is 4.08. The first-order valence-corrected chi connectivity index (χ1v) is 6.05. The number of hydrogen-bond donors (Lipinski definition) is 0. The fraction of sp³-hybridized carbons (Fsp3) is 0.0667. The Morgan fingerprint density at radius 2 is 1.71 bits per heavy atom. The predicted octanol–water partition coefficient (Wildman–Crippen LogP) is 3.02. The van der Waals surface area contributed by atoms with Crippen molar-refractivity contribution in [2.24, 2.45) is 0 Å². The molecule has 0 atom stereocenters. The van der Waals surface area contributed by atoms with Crippen LogP contribution in [0.1, 0.15) is 27.6 Å². The summed E-state index contributed by atoms with van der Waals surface area (Å²) in [5, 5.41) is 10.7. The van der Waals surface area contributed by atoms with Gasteiger partial charge in [0, 0.05) is 17.7 Å². The summed E-state index contributed by atoms with van der Waals surface area (Å²) in [4.78, 5) is 33.1. The molecule has 0 aromatic heterocycles. The van der Waals surface area contributed by atoms with Gasteiger partial charge in [0.2, 0.25) is 0 Å². The summed E-state index contributed by atoms with van der Waals surface area (Å²) < 4.78 is 5.10. The van der Waals surface area contributed by atoms with E-state index >= 15 is 0 Å². The smallest absolute Gasteiger partial charge is 0.343 e. The molecule has 0 heterocycles. The number of nitro groups is 1. The maximum Gasteiger partial charge on any atom is 0.343 e. The van der Waals surface area contributed by atoms with Crippen LogP contribution < -0.4 is 4.74 Å². The largest absolute Gasteiger partial charge is 0.423 e. The molecule has 0 unspecified atom stereocenters. The summed E-state index contributed by atoms with van der Waals surface area (Å²) >= 11 is 0. The Hall–Kier alpha value is -3.02. The first-order valence-electron chi connectivity index (χ1n) is 6.05. The molecule has 0 radical (unpaired) electrons. The number of rotatable bonds is 4. The third-order valence-electron chi connectivity index (χ3n) is 2.76. The minimum atomic E-state index is -0.700. The average Bonchev–Trinajstić information content (AvgIpc) is 2.48. The van der Waals surface area contributed by atoms with Crippen molar-refractivity contribution >= 4 is 17.4 Å². The number of Topliss-reactive ketones (excluding diaryl/α,β-unsaturated/α-hetero) is 1. The lowest BCUT2D eigenvalue weighted by Gasteiger charge is -2.04. The number of hydrogen-bond acceptors (Lipinski definition) is 5. The number of nitrogens with zero attached hydrogens (tertiary/aromatic N) is 1. The molecule has 0 aliphatic carbocycles. The average molecular weight is 285 g/mol. The number of esters is 1. The van der Waals surface area contributed by atoms with Crippen LogP contribution in [0.4, 0.5) is 5.69 Å². The molecular formula is C15H11NO5. The van der Waals surface area contributed by atoms with E-state index in [-0.39, 0.29) is 22.8 Å². The van der Waals surface area contributed by atoms with Gasteiger partial charge in [-0.1, -0.05) is 6.07 Å². The normalized spacial score (nSPS) is 9.95. The lowest BCUT2D eigenvalue weighted by molar-refractivity contribution is -0.384. The van der Waals surface area contributed by atoms with E-state index in [1.807, 2.05) is 0 Å². The molecule has 2 aromatic carbocycles. The highest BCUT2D eigenvalue weighted by Gasteiger charge is 2.13. The maximum atomic E-state index is 11.9. The highest BCUT2D eigenvalue weighted by molar-refractivity contribution is 5.94. The zero-order chi connectivity index (χ0) is 15.4. The van der Waals surface area contributed by atoms with Crippen LogP contribution in [-0.4, -0.2) is 16.7 Å². The van der Waals surface area contributed by atoms with Gasteiger partial charge in [-0.25, -0.2) is 4.79 Å². The molecule has 0 bridgehead atoms. The summed E-state index contributed by atoms with van der Waals surface area (Å²) in [5.74, 6) is -0.530. The van der Waals surface area contributed by atoms with E-state index in [0.717, 1.165) is 6.07 Å². The van der Waals surface area contributed by atoms with Gasteiger partial charge >= 0.3 is 5.97 Å². The molecule has 0 amide bonds. The van der Waals surface area contributed by atoms with Crippen molar-refractivity contribution in [1.29, 1.82) is 0 Å². The lowest BCUT2D eigenvalue weighted by Crippen LogP contribution is -2.09. The van der Waals surface area contributed by atoms with Crippen molar-refractivity contribution < 1.29 is 19.2 Å². The third-order valence-corrected chi connectivity index (χ3v) is 2.76. The first kappa shape index (κ1) is 14.4. The Morgan fingerprint density at radius 1 is 1.05 bits per heavy atom. The second-order valence-corrected chi connectivity index (χ2v) is 4.28. The second kappa shape index (κ2) is 5.96. The number of ether oxygens (including phenoxy) is 1. The van der Waals surface area contributed by atoms with Gasteiger partial charge in [0.1, 0.15) is 5.75 Å². The van der Waals surface area contributed by atoms with Gasteiger partial charge in [-0.3, -0.25) is 14.9 Å². The standard InChI is InChI=1S/C15H11NO5/c1-10(17)11-5-7-14(8-6-11)21-15(18)12-3-2-4-13(9-12)16(19)20/h2-9H,1H3. The number of benzene rings is 2. The van der Waals surface area contributed by atoms with Gasteiger partial charge in [-0.15, -0.1) is 0 Å². The highest BCUT2D eigenvalue weighted by atomic mass is 16.6. The van der Waals surface area contributed by atoms with E-state index in [2.05, 4.69) is 0 Å². The summed E-state index contributed by atoms with van der Waals surface area (Å²) in [5.41, 5.74) is 0.404. The van der Waals surface area contributed by atoms with Crippen LogP contribution in [0, 0.1) is 10.1 Å². The van der Waals surface area contributed by atoms with Crippen molar-refractivity contribution in [2.75, 3.05) is 0 Å². The SMILES string of the molecule is CC(=O)c1ccc(OC(=O)c2cccc([N+](=O)[O-])c2)cc1. The fourth-order valence-electron chi connectivity index (χ4n) is 1.67. The van der Waals surface area contributed by atoms with Gasteiger partial charge < -0.3 is 4.74 Å². The number of ketones is 1. The van der Waals surface area contributed by atoms with Crippen LogP contribution in [0.25, 0.3) is 0 Å². The Labute approximate surface area is 120 Å². The van der Waals surface area contributed by atoms with E-state index in [1.165, 1.54) is 37.3 Å². The second-order valence-electron chi connectivity index (χ2n) is 4.28. The van der Waals surface area contributed by atoms with Crippen LogP contribution in [0.5, 0.6) is 5.75 Å². The maximum absolute atomic E-state index is 11.9. The molecule has 0 saturated carbocycles. The van der Waals surface area contributed by atoms with Crippen LogP contribution in [0.2, 0.25) is 0 Å².